The summed E-state index contributed by atoms with van der Waals surface area (Å²) in [5.41, 5.74) is 0. The summed E-state index contributed by atoms with van der Waals surface area (Å²) in [6, 6.07) is 0. The SMILES string of the molecule is C1=CC(c2cnc(C3C=CC=C3)o2)C=C1. The van der Waals surface area contributed by atoms with Crippen molar-refractivity contribution >= 4 is 0 Å². The van der Waals surface area contributed by atoms with Crippen molar-refractivity contribution < 1.29 is 4.42 Å². The molecule has 0 bridgehead atoms. The van der Waals surface area contributed by atoms with E-state index in [1.165, 1.54) is 0 Å². The molecule has 1 heterocycles. The third kappa shape index (κ3) is 1.48. The Hall–Kier alpha value is -1.83. The van der Waals surface area contributed by atoms with Gasteiger partial charge in [0.05, 0.1) is 18.0 Å². The van der Waals surface area contributed by atoms with Crippen molar-refractivity contribution in [2.24, 2.45) is 0 Å². The molecule has 0 amide bonds. The number of aromatic nitrogens is 1. The first-order valence-corrected chi connectivity index (χ1v) is 5.09. The second kappa shape index (κ2) is 3.39. The van der Waals surface area contributed by atoms with Gasteiger partial charge in [0.1, 0.15) is 5.76 Å². The van der Waals surface area contributed by atoms with Crippen LogP contribution >= 0.6 is 0 Å². The maximum absolute atomic E-state index is 5.74. The maximum atomic E-state index is 5.74. The van der Waals surface area contributed by atoms with Gasteiger partial charge in [-0.05, 0) is 0 Å². The van der Waals surface area contributed by atoms with Crippen LogP contribution in [-0.4, -0.2) is 4.98 Å². The maximum Gasteiger partial charge on any atom is 0.205 e. The number of rotatable bonds is 2. The van der Waals surface area contributed by atoms with Crippen molar-refractivity contribution in [3.8, 4) is 0 Å². The van der Waals surface area contributed by atoms with Crippen LogP contribution < -0.4 is 0 Å². The monoisotopic (exact) mass is 197 g/mol. The Morgan fingerprint density at radius 3 is 2.13 bits per heavy atom. The molecule has 15 heavy (non-hydrogen) atoms. The lowest BCUT2D eigenvalue weighted by atomic mass is 10.1. The normalized spacial score (nSPS) is 19.7. The van der Waals surface area contributed by atoms with Crippen LogP contribution in [0.3, 0.4) is 0 Å². The Bertz CT molecular complexity index is 410. The smallest absolute Gasteiger partial charge is 0.205 e. The van der Waals surface area contributed by atoms with E-state index in [1.54, 1.807) is 0 Å². The van der Waals surface area contributed by atoms with E-state index in [9.17, 15) is 0 Å². The van der Waals surface area contributed by atoms with E-state index in [4.69, 9.17) is 4.42 Å². The van der Waals surface area contributed by atoms with E-state index in [1.807, 2.05) is 30.5 Å². The molecule has 0 radical (unpaired) electrons. The topological polar surface area (TPSA) is 26.0 Å². The van der Waals surface area contributed by atoms with E-state index in [2.05, 4.69) is 29.3 Å². The molecule has 0 atom stereocenters. The summed E-state index contributed by atoms with van der Waals surface area (Å²) in [7, 11) is 0. The highest BCUT2D eigenvalue weighted by Crippen LogP contribution is 2.28. The molecule has 2 aliphatic carbocycles. The van der Waals surface area contributed by atoms with Crippen molar-refractivity contribution in [2.45, 2.75) is 11.8 Å². The van der Waals surface area contributed by atoms with Gasteiger partial charge in [0.15, 0.2) is 0 Å². The summed E-state index contributed by atoms with van der Waals surface area (Å²) in [5, 5.41) is 0. The highest BCUT2D eigenvalue weighted by Gasteiger charge is 2.17. The van der Waals surface area contributed by atoms with Crippen LogP contribution in [0.2, 0.25) is 0 Å². The largest absolute Gasteiger partial charge is 0.444 e. The number of oxazole rings is 1. The van der Waals surface area contributed by atoms with E-state index >= 15 is 0 Å². The van der Waals surface area contributed by atoms with E-state index < -0.39 is 0 Å². The van der Waals surface area contributed by atoms with Crippen molar-refractivity contribution in [3.63, 3.8) is 0 Å². The standard InChI is InChI=1S/C13H11NO/c1-2-6-10(5-1)12-9-14-13(15-12)11-7-3-4-8-11/h1-11H. The number of hydrogen-bond acceptors (Lipinski definition) is 2. The molecule has 2 heteroatoms. The minimum absolute atomic E-state index is 0.216. The first kappa shape index (κ1) is 8.48. The van der Waals surface area contributed by atoms with Gasteiger partial charge in [-0.15, -0.1) is 0 Å². The van der Waals surface area contributed by atoms with Gasteiger partial charge in [0, 0.05) is 0 Å². The van der Waals surface area contributed by atoms with Gasteiger partial charge in [-0.25, -0.2) is 4.98 Å². The highest BCUT2D eigenvalue weighted by molar-refractivity contribution is 5.30. The lowest BCUT2D eigenvalue weighted by Gasteiger charge is -2.00. The molecule has 2 nitrogen and oxygen atoms in total. The van der Waals surface area contributed by atoms with E-state index in [0.29, 0.717) is 0 Å². The van der Waals surface area contributed by atoms with Crippen LogP contribution in [0.15, 0.2) is 59.2 Å². The van der Waals surface area contributed by atoms with Crippen molar-refractivity contribution in [1.82, 2.24) is 4.98 Å². The first-order chi connectivity index (χ1) is 7.43. The zero-order chi connectivity index (χ0) is 10.1. The van der Waals surface area contributed by atoms with Crippen LogP contribution in [0, 0.1) is 0 Å². The minimum atomic E-state index is 0.216. The predicted molar refractivity (Wildman–Crippen MR) is 58.5 cm³/mol. The summed E-state index contributed by atoms with van der Waals surface area (Å²) in [5.74, 6) is 2.18. The number of nitrogens with zero attached hydrogens (tertiary/aromatic N) is 1. The molecule has 2 aliphatic rings. The summed E-state index contributed by atoms with van der Waals surface area (Å²) in [6.07, 6.45) is 18.3. The molecule has 0 spiro atoms. The van der Waals surface area contributed by atoms with Crippen LogP contribution in [0.4, 0.5) is 0 Å². The summed E-state index contributed by atoms with van der Waals surface area (Å²) < 4.78 is 5.74. The minimum Gasteiger partial charge on any atom is -0.444 e. The fourth-order valence-corrected chi connectivity index (χ4v) is 1.83. The molecule has 1 aromatic rings. The van der Waals surface area contributed by atoms with Gasteiger partial charge in [0.25, 0.3) is 0 Å². The van der Waals surface area contributed by atoms with Gasteiger partial charge >= 0.3 is 0 Å². The van der Waals surface area contributed by atoms with Gasteiger partial charge in [0.2, 0.25) is 5.89 Å². The zero-order valence-corrected chi connectivity index (χ0v) is 8.21. The Morgan fingerprint density at radius 2 is 1.47 bits per heavy atom. The molecule has 0 saturated carbocycles. The molecule has 1 aromatic heterocycles. The van der Waals surface area contributed by atoms with Crippen LogP contribution in [0.25, 0.3) is 0 Å². The Balaban J connectivity index is 1.87. The van der Waals surface area contributed by atoms with Crippen LogP contribution in [-0.2, 0) is 0 Å². The molecule has 0 N–H and O–H groups in total. The van der Waals surface area contributed by atoms with E-state index in [-0.39, 0.29) is 11.8 Å². The lowest BCUT2D eigenvalue weighted by molar-refractivity contribution is 0.455. The molecule has 3 rings (SSSR count). The lowest BCUT2D eigenvalue weighted by Crippen LogP contribution is -1.88. The Morgan fingerprint density at radius 1 is 0.867 bits per heavy atom. The van der Waals surface area contributed by atoms with Gasteiger partial charge in [-0.2, -0.15) is 0 Å². The number of allylic oxidation sites excluding steroid dienone is 8. The van der Waals surface area contributed by atoms with Crippen molar-refractivity contribution in [1.29, 1.82) is 0 Å². The summed E-state index contributed by atoms with van der Waals surface area (Å²) in [6.45, 7) is 0. The average molecular weight is 197 g/mol. The third-order valence-corrected chi connectivity index (χ3v) is 2.65. The molecule has 0 aromatic carbocycles. The first-order valence-electron chi connectivity index (χ1n) is 5.09. The summed E-state index contributed by atoms with van der Waals surface area (Å²) >= 11 is 0. The van der Waals surface area contributed by atoms with Gasteiger partial charge in [-0.1, -0.05) is 48.6 Å². The Labute approximate surface area is 88.3 Å². The molecule has 74 valence electrons. The molecular formula is C13H11NO. The highest BCUT2D eigenvalue weighted by atomic mass is 16.4. The average Bonchev–Trinajstić information content (AvgIpc) is 3.02. The predicted octanol–water partition coefficient (Wildman–Crippen LogP) is 3.09. The molecule has 0 fully saturated rings. The zero-order valence-electron chi connectivity index (χ0n) is 8.21. The van der Waals surface area contributed by atoms with E-state index in [0.717, 1.165) is 11.7 Å². The number of hydrogen-bond donors (Lipinski definition) is 0. The quantitative estimate of drug-likeness (QED) is 0.728. The molecule has 0 saturated heterocycles. The van der Waals surface area contributed by atoms with Crippen molar-refractivity contribution in [2.75, 3.05) is 0 Å². The fourth-order valence-electron chi connectivity index (χ4n) is 1.83. The molecule has 0 unspecified atom stereocenters. The molecule has 0 aliphatic heterocycles. The fraction of sp³-hybridized carbons (Fsp3) is 0.154. The van der Waals surface area contributed by atoms with Crippen LogP contribution in [0.1, 0.15) is 23.5 Å². The van der Waals surface area contributed by atoms with Gasteiger partial charge in [-0.3, -0.25) is 0 Å². The van der Waals surface area contributed by atoms with Gasteiger partial charge < -0.3 is 4.42 Å². The Kier molecular flexibility index (Phi) is 1.91. The second-order valence-corrected chi connectivity index (χ2v) is 3.69. The third-order valence-electron chi connectivity index (χ3n) is 2.65. The summed E-state index contributed by atoms with van der Waals surface area (Å²) in [4.78, 5) is 4.31. The molecular weight excluding hydrogens is 186 g/mol. The van der Waals surface area contributed by atoms with Crippen LogP contribution in [0.5, 0.6) is 0 Å². The second-order valence-electron chi connectivity index (χ2n) is 3.69. The van der Waals surface area contributed by atoms with Crippen molar-refractivity contribution in [3.05, 3.63) is 66.5 Å².